The Morgan fingerprint density at radius 3 is 2.12 bits per heavy atom. The highest BCUT2D eigenvalue weighted by atomic mass is 19.4. The number of carboxylic acids is 1. The van der Waals surface area contributed by atoms with Crippen molar-refractivity contribution in [1.29, 1.82) is 0 Å². The number of ether oxygens (including phenoxy) is 1. The molecule has 0 aromatic rings. The van der Waals surface area contributed by atoms with E-state index >= 15 is 0 Å². The van der Waals surface area contributed by atoms with Crippen molar-refractivity contribution in [2.24, 2.45) is 0 Å². The number of hydrogen-bond acceptors (Lipinski definition) is 4. The number of quaternary nitrogens is 1. The van der Waals surface area contributed by atoms with Crippen LogP contribution in [0.4, 0.5) is 13.2 Å². The van der Waals surface area contributed by atoms with E-state index in [1.54, 1.807) is 0 Å². The number of likely N-dealkylation sites (tertiary alicyclic amines) is 1. The minimum Gasteiger partial charge on any atom is -0.542 e. The molecule has 1 aliphatic rings. The molecular weight excluding hydrogens is 243 g/mol. The summed E-state index contributed by atoms with van der Waals surface area (Å²) in [5, 5.41) is 8.78. The van der Waals surface area contributed by atoms with E-state index in [1.807, 2.05) is 0 Å². The summed E-state index contributed by atoms with van der Waals surface area (Å²) in [5.74, 6) is -3.01. The third-order valence-electron chi connectivity index (χ3n) is 2.15. The summed E-state index contributed by atoms with van der Waals surface area (Å²) in [6, 6.07) is 0. The molecule has 1 fully saturated rings. The van der Waals surface area contributed by atoms with Gasteiger partial charge >= 0.3 is 6.18 Å². The Hall–Kier alpha value is -1.31. The van der Waals surface area contributed by atoms with Crippen molar-refractivity contribution >= 4 is 12.4 Å². The van der Waals surface area contributed by atoms with Gasteiger partial charge in [-0.15, -0.1) is 0 Å². The zero-order valence-electron chi connectivity index (χ0n) is 9.09. The van der Waals surface area contributed by atoms with Crippen molar-refractivity contribution in [1.82, 2.24) is 0 Å². The third-order valence-corrected chi connectivity index (χ3v) is 2.15. The monoisotopic (exact) mass is 257 g/mol. The molecule has 1 heterocycles. The van der Waals surface area contributed by atoms with Gasteiger partial charge in [0.15, 0.2) is 0 Å². The Labute approximate surface area is 96.1 Å². The number of carbonyl (C=O) groups excluding carboxylic acids is 2. The lowest BCUT2D eigenvalue weighted by Gasteiger charge is -2.21. The van der Waals surface area contributed by atoms with Crippen molar-refractivity contribution in [3.63, 3.8) is 0 Å². The lowest BCUT2D eigenvalue weighted by Crippen LogP contribution is -3.13. The minimum atomic E-state index is -5.19. The van der Waals surface area contributed by atoms with Crippen LogP contribution >= 0.6 is 0 Å². The molecule has 0 aliphatic carbocycles. The number of aliphatic carboxylic acids is 1. The van der Waals surface area contributed by atoms with E-state index < -0.39 is 12.1 Å². The number of rotatable bonds is 3. The van der Waals surface area contributed by atoms with Crippen LogP contribution in [0.5, 0.6) is 0 Å². The van der Waals surface area contributed by atoms with Crippen LogP contribution < -0.4 is 10.0 Å². The van der Waals surface area contributed by atoms with Crippen molar-refractivity contribution in [3.05, 3.63) is 0 Å². The van der Waals surface area contributed by atoms with Gasteiger partial charge in [0.05, 0.1) is 13.1 Å². The molecule has 17 heavy (non-hydrogen) atoms. The summed E-state index contributed by atoms with van der Waals surface area (Å²) >= 11 is 0. The van der Waals surface area contributed by atoms with Crippen LogP contribution in [0.15, 0.2) is 0 Å². The molecule has 0 unspecified atom stereocenters. The Balaban J connectivity index is 0.000000325. The molecule has 0 aromatic carbocycles. The Morgan fingerprint density at radius 2 is 1.76 bits per heavy atom. The van der Waals surface area contributed by atoms with Gasteiger partial charge in [-0.25, -0.2) is 0 Å². The first-order valence-corrected chi connectivity index (χ1v) is 5.05. The molecule has 100 valence electrons. The summed E-state index contributed by atoms with van der Waals surface area (Å²) in [6.07, 6.45) is -1.31. The van der Waals surface area contributed by atoms with E-state index in [-0.39, 0.29) is 0 Å². The van der Waals surface area contributed by atoms with Crippen LogP contribution in [0.3, 0.4) is 0 Å². The molecule has 1 rings (SSSR count). The van der Waals surface area contributed by atoms with E-state index in [4.69, 9.17) is 9.90 Å². The molecule has 5 nitrogen and oxygen atoms in total. The quantitative estimate of drug-likeness (QED) is 0.624. The van der Waals surface area contributed by atoms with Gasteiger partial charge in [-0.1, -0.05) is 0 Å². The number of carboxylic acid groups (broad SMARTS) is 1. The number of alkyl halides is 3. The first kappa shape index (κ1) is 15.7. The molecule has 0 amide bonds. The molecule has 1 N–H and O–H groups in total. The third kappa shape index (κ3) is 8.49. The Morgan fingerprint density at radius 1 is 1.29 bits per heavy atom. The SMILES string of the molecule is O=C([O-])C(F)(F)F.O=COC[NH+]1CCCCC1. The van der Waals surface area contributed by atoms with Gasteiger partial charge in [-0.3, -0.25) is 4.79 Å². The first-order valence-electron chi connectivity index (χ1n) is 5.05. The van der Waals surface area contributed by atoms with Crippen molar-refractivity contribution in [2.45, 2.75) is 25.4 Å². The van der Waals surface area contributed by atoms with Gasteiger partial charge in [0.25, 0.3) is 6.47 Å². The number of halogens is 3. The van der Waals surface area contributed by atoms with Crippen LogP contribution in [0, 0.1) is 0 Å². The number of carbonyl (C=O) groups is 2. The summed E-state index contributed by atoms with van der Waals surface area (Å²) < 4.78 is 36.2. The molecule has 0 spiro atoms. The molecule has 0 atom stereocenters. The van der Waals surface area contributed by atoms with Crippen molar-refractivity contribution in [2.75, 3.05) is 19.8 Å². The van der Waals surface area contributed by atoms with E-state index in [0.717, 1.165) is 13.1 Å². The summed E-state index contributed by atoms with van der Waals surface area (Å²) in [7, 11) is 0. The Kier molecular flexibility index (Phi) is 7.27. The molecule has 0 aromatic heterocycles. The lowest BCUT2D eigenvalue weighted by atomic mass is 10.1. The molecule has 0 saturated carbocycles. The Bertz CT molecular complexity index is 239. The van der Waals surface area contributed by atoms with Crippen LogP contribution in [0.25, 0.3) is 0 Å². The van der Waals surface area contributed by atoms with Gasteiger partial charge in [-0.05, 0) is 19.3 Å². The minimum absolute atomic E-state index is 0.529. The average Bonchev–Trinajstić information content (AvgIpc) is 2.27. The topological polar surface area (TPSA) is 70.9 Å². The standard InChI is InChI=1S/C7H13NO2.C2HF3O2/c9-7-10-6-8-4-2-1-3-5-8;3-2(4,5)1(6)7/h7H,1-6H2;(H,6,7). The number of nitrogens with one attached hydrogen (secondary N) is 1. The second-order valence-corrected chi connectivity index (χ2v) is 3.50. The first-order chi connectivity index (χ1) is 7.88. The fraction of sp³-hybridized carbons (Fsp3) is 0.778. The van der Waals surface area contributed by atoms with Crippen molar-refractivity contribution in [3.8, 4) is 0 Å². The summed E-state index contributed by atoms with van der Waals surface area (Å²) in [6.45, 7) is 3.41. The second-order valence-electron chi connectivity index (χ2n) is 3.50. The van der Waals surface area contributed by atoms with Crippen molar-refractivity contribution < 1.29 is 37.5 Å². The molecule has 8 heteroatoms. The second kappa shape index (κ2) is 7.88. The number of hydrogen-bond donors (Lipinski definition) is 1. The van der Waals surface area contributed by atoms with E-state index in [2.05, 4.69) is 4.74 Å². The molecular formula is C9H14F3NO4. The lowest BCUT2D eigenvalue weighted by molar-refractivity contribution is -0.921. The molecule has 0 bridgehead atoms. The fourth-order valence-electron chi connectivity index (χ4n) is 1.35. The molecule has 0 radical (unpaired) electrons. The zero-order valence-corrected chi connectivity index (χ0v) is 9.09. The predicted octanol–water partition coefficient (Wildman–Crippen LogP) is -1.52. The van der Waals surface area contributed by atoms with E-state index in [9.17, 15) is 18.0 Å². The van der Waals surface area contributed by atoms with Crippen LogP contribution in [-0.4, -0.2) is 38.4 Å². The van der Waals surface area contributed by atoms with E-state index in [1.165, 1.54) is 24.2 Å². The van der Waals surface area contributed by atoms with Gasteiger partial charge in [0, 0.05) is 0 Å². The molecule has 1 aliphatic heterocycles. The summed E-state index contributed by atoms with van der Waals surface area (Å²) in [5.41, 5.74) is 0. The van der Waals surface area contributed by atoms with Gasteiger partial charge in [-0.2, -0.15) is 13.2 Å². The normalized spacial score (nSPS) is 16.6. The smallest absolute Gasteiger partial charge is 0.430 e. The van der Waals surface area contributed by atoms with Crippen LogP contribution in [0.1, 0.15) is 19.3 Å². The average molecular weight is 257 g/mol. The van der Waals surface area contributed by atoms with Crippen LogP contribution in [0.2, 0.25) is 0 Å². The zero-order chi connectivity index (χ0) is 13.3. The highest BCUT2D eigenvalue weighted by Crippen LogP contribution is 2.11. The van der Waals surface area contributed by atoms with Crippen LogP contribution in [-0.2, 0) is 14.3 Å². The maximum atomic E-state index is 10.5. The highest BCUT2D eigenvalue weighted by Gasteiger charge is 2.28. The maximum Gasteiger partial charge on any atom is 0.430 e. The largest absolute Gasteiger partial charge is 0.542 e. The predicted molar refractivity (Wildman–Crippen MR) is 47.6 cm³/mol. The molecule has 1 saturated heterocycles. The van der Waals surface area contributed by atoms with Gasteiger partial charge in [0.1, 0.15) is 5.97 Å². The maximum absolute atomic E-state index is 10.5. The van der Waals surface area contributed by atoms with E-state index in [0.29, 0.717) is 13.2 Å². The highest BCUT2D eigenvalue weighted by molar-refractivity contribution is 5.70. The number of piperidine rings is 1. The summed E-state index contributed by atoms with van der Waals surface area (Å²) in [4.78, 5) is 20.0. The van der Waals surface area contributed by atoms with Gasteiger partial charge < -0.3 is 19.5 Å². The fourth-order valence-corrected chi connectivity index (χ4v) is 1.35. The van der Waals surface area contributed by atoms with Gasteiger partial charge in [0.2, 0.25) is 6.73 Å².